The molecule has 0 amide bonds. The van der Waals surface area contributed by atoms with Crippen molar-refractivity contribution in [3.63, 3.8) is 0 Å². The van der Waals surface area contributed by atoms with Crippen LogP contribution in [0.5, 0.6) is 0 Å². The first kappa shape index (κ1) is 11.2. The molecule has 0 atom stereocenters. The molecular formula is C11H19NO2. The lowest BCUT2D eigenvalue weighted by Crippen LogP contribution is -2.27. The third-order valence-electron chi connectivity index (χ3n) is 2.47. The van der Waals surface area contributed by atoms with Gasteiger partial charge >= 0.3 is 5.97 Å². The zero-order valence-electron chi connectivity index (χ0n) is 8.79. The lowest BCUT2D eigenvalue weighted by atomic mass is 9.95. The first-order chi connectivity index (χ1) is 6.83. The highest BCUT2D eigenvalue weighted by atomic mass is 16.5. The van der Waals surface area contributed by atoms with E-state index in [-0.39, 0.29) is 5.97 Å². The second-order valence-corrected chi connectivity index (χ2v) is 3.58. The number of hydrogen-bond acceptors (Lipinski definition) is 3. The van der Waals surface area contributed by atoms with Crippen LogP contribution in [0.1, 0.15) is 26.2 Å². The molecule has 1 fully saturated rings. The molecular weight excluding hydrogens is 178 g/mol. The van der Waals surface area contributed by atoms with Crippen LogP contribution in [-0.4, -0.2) is 25.7 Å². The predicted molar refractivity (Wildman–Crippen MR) is 56.0 cm³/mol. The standard InChI is InChI=1S/C11H19NO2/c1-2-14-11(13)5-3-4-10-6-8-12-9-7-10/h3,5,10,12H,2,4,6-9H2,1H3/b5-3+. The van der Waals surface area contributed by atoms with Crippen molar-refractivity contribution >= 4 is 5.97 Å². The van der Waals surface area contributed by atoms with E-state index in [1.54, 1.807) is 6.08 Å². The summed E-state index contributed by atoms with van der Waals surface area (Å²) in [5.74, 6) is 0.517. The van der Waals surface area contributed by atoms with Crippen molar-refractivity contribution in [3.05, 3.63) is 12.2 Å². The number of ether oxygens (including phenoxy) is 1. The molecule has 0 aromatic carbocycles. The third-order valence-corrected chi connectivity index (χ3v) is 2.47. The molecule has 0 spiro atoms. The van der Waals surface area contributed by atoms with Gasteiger partial charge in [-0.1, -0.05) is 6.08 Å². The summed E-state index contributed by atoms with van der Waals surface area (Å²) >= 11 is 0. The highest BCUT2D eigenvalue weighted by Crippen LogP contribution is 2.15. The number of esters is 1. The van der Waals surface area contributed by atoms with E-state index in [0.717, 1.165) is 25.4 Å². The lowest BCUT2D eigenvalue weighted by Gasteiger charge is -2.20. The van der Waals surface area contributed by atoms with E-state index in [0.29, 0.717) is 6.61 Å². The minimum Gasteiger partial charge on any atom is -0.463 e. The summed E-state index contributed by atoms with van der Waals surface area (Å²) < 4.78 is 4.79. The van der Waals surface area contributed by atoms with Crippen molar-refractivity contribution in [1.29, 1.82) is 0 Å². The molecule has 80 valence electrons. The van der Waals surface area contributed by atoms with Crippen molar-refractivity contribution in [2.24, 2.45) is 5.92 Å². The van der Waals surface area contributed by atoms with Gasteiger partial charge in [0, 0.05) is 6.08 Å². The Morgan fingerprint density at radius 1 is 1.50 bits per heavy atom. The second kappa shape index (κ2) is 6.60. The molecule has 3 heteroatoms. The molecule has 0 aromatic heterocycles. The maximum atomic E-state index is 11.0. The first-order valence-electron chi connectivity index (χ1n) is 5.37. The maximum absolute atomic E-state index is 11.0. The number of rotatable bonds is 4. The molecule has 0 radical (unpaired) electrons. The minimum absolute atomic E-state index is 0.221. The fraction of sp³-hybridized carbons (Fsp3) is 0.727. The molecule has 1 saturated heterocycles. The third kappa shape index (κ3) is 4.42. The topological polar surface area (TPSA) is 38.3 Å². The van der Waals surface area contributed by atoms with Crippen molar-refractivity contribution in [3.8, 4) is 0 Å². The van der Waals surface area contributed by atoms with Gasteiger partial charge in [0.25, 0.3) is 0 Å². The zero-order valence-corrected chi connectivity index (χ0v) is 8.79. The van der Waals surface area contributed by atoms with Gasteiger partial charge in [-0.05, 0) is 45.2 Å². The molecule has 0 aromatic rings. The average Bonchev–Trinajstić information content (AvgIpc) is 2.20. The quantitative estimate of drug-likeness (QED) is 0.548. The van der Waals surface area contributed by atoms with Crippen LogP contribution in [0, 0.1) is 5.92 Å². The molecule has 1 N–H and O–H groups in total. The first-order valence-corrected chi connectivity index (χ1v) is 5.37. The number of piperidine rings is 1. The van der Waals surface area contributed by atoms with Crippen LogP contribution in [0.25, 0.3) is 0 Å². The average molecular weight is 197 g/mol. The number of allylic oxidation sites excluding steroid dienone is 1. The van der Waals surface area contributed by atoms with Crippen molar-refractivity contribution in [2.45, 2.75) is 26.2 Å². The van der Waals surface area contributed by atoms with Crippen LogP contribution in [0.4, 0.5) is 0 Å². The molecule has 0 aliphatic carbocycles. The van der Waals surface area contributed by atoms with Gasteiger partial charge in [-0.15, -0.1) is 0 Å². The van der Waals surface area contributed by atoms with Gasteiger partial charge in [0.05, 0.1) is 6.61 Å². The summed E-state index contributed by atoms with van der Waals surface area (Å²) in [7, 11) is 0. The van der Waals surface area contributed by atoms with Gasteiger partial charge in [0.15, 0.2) is 0 Å². The van der Waals surface area contributed by atoms with Crippen LogP contribution >= 0.6 is 0 Å². The van der Waals surface area contributed by atoms with Crippen LogP contribution in [-0.2, 0) is 9.53 Å². The highest BCUT2D eigenvalue weighted by Gasteiger charge is 2.10. The molecule has 14 heavy (non-hydrogen) atoms. The Morgan fingerprint density at radius 2 is 2.21 bits per heavy atom. The molecule has 0 unspecified atom stereocenters. The summed E-state index contributed by atoms with van der Waals surface area (Å²) in [6, 6.07) is 0. The summed E-state index contributed by atoms with van der Waals surface area (Å²) in [5.41, 5.74) is 0. The zero-order chi connectivity index (χ0) is 10.2. The van der Waals surface area contributed by atoms with Crippen LogP contribution in [0.2, 0.25) is 0 Å². The SMILES string of the molecule is CCOC(=O)/C=C/CC1CCNCC1. The van der Waals surface area contributed by atoms with E-state index in [1.807, 2.05) is 13.0 Å². The van der Waals surface area contributed by atoms with E-state index >= 15 is 0 Å². The number of nitrogens with one attached hydrogen (secondary N) is 1. The second-order valence-electron chi connectivity index (χ2n) is 3.58. The Hall–Kier alpha value is -0.830. The highest BCUT2D eigenvalue weighted by molar-refractivity contribution is 5.81. The van der Waals surface area contributed by atoms with E-state index in [9.17, 15) is 4.79 Å². The monoisotopic (exact) mass is 197 g/mol. The smallest absolute Gasteiger partial charge is 0.330 e. The number of carbonyl (C=O) groups is 1. The van der Waals surface area contributed by atoms with Crippen molar-refractivity contribution < 1.29 is 9.53 Å². The maximum Gasteiger partial charge on any atom is 0.330 e. The van der Waals surface area contributed by atoms with E-state index in [2.05, 4.69) is 5.32 Å². The van der Waals surface area contributed by atoms with Gasteiger partial charge in [-0.25, -0.2) is 4.79 Å². The Balaban J connectivity index is 2.14. The largest absolute Gasteiger partial charge is 0.463 e. The van der Waals surface area contributed by atoms with Gasteiger partial charge in [0.1, 0.15) is 0 Å². The molecule has 1 aliphatic rings. The Bertz CT molecular complexity index is 195. The van der Waals surface area contributed by atoms with Crippen molar-refractivity contribution in [1.82, 2.24) is 5.32 Å². The summed E-state index contributed by atoms with van der Waals surface area (Å²) in [5, 5.41) is 3.32. The fourth-order valence-corrected chi connectivity index (χ4v) is 1.66. The molecule has 3 nitrogen and oxygen atoms in total. The van der Waals surface area contributed by atoms with Gasteiger partial charge in [-0.3, -0.25) is 0 Å². The Morgan fingerprint density at radius 3 is 2.86 bits per heavy atom. The molecule has 1 rings (SSSR count). The molecule has 0 saturated carbocycles. The summed E-state index contributed by atoms with van der Waals surface area (Å²) in [4.78, 5) is 11.0. The van der Waals surface area contributed by atoms with Crippen LogP contribution in [0.15, 0.2) is 12.2 Å². The van der Waals surface area contributed by atoms with E-state index in [4.69, 9.17) is 4.74 Å². The number of carbonyl (C=O) groups excluding carboxylic acids is 1. The number of hydrogen-bond donors (Lipinski definition) is 1. The Labute approximate surface area is 85.5 Å². The van der Waals surface area contributed by atoms with Crippen LogP contribution in [0.3, 0.4) is 0 Å². The molecule has 1 heterocycles. The predicted octanol–water partition coefficient (Wildman–Crippen LogP) is 1.50. The lowest BCUT2D eigenvalue weighted by molar-refractivity contribution is -0.137. The molecule has 0 bridgehead atoms. The van der Waals surface area contributed by atoms with Crippen molar-refractivity contribution in [2.75, 3.05) is 19.7 Å². The molecule has 1 aliphatic heterocycles. The summed E-state index contributed by atoms with van der Waals surface area (Å²) in [6.45, 7) is 4.49. The van der Waals surface area contributed by atoms with Gasteiger partial charge < -0.3 is 10.1 Å². The van der Waals surface area contributed by atoms with Crippen LogP contribution < -0.4 is 5.32 Å². The Kier molecular flexibility index (Phi) is 5.30. The van der Waals surface area contributed by atoms with Gasteiger partial charge in [0.2, 0.25) is 0 Å². The summed E-state index contributed by atoms with van der Waals surface area (Å²) in [6.07, 6.45) is 6.92. The van der Waals surface area contributed by atoms with E-state index < -0.39 is 0 Å². The normalized spacial score (nSPS) is 18.6. The van der Waals surface area contributed by atoms with Gasteiger partial charge in [-0.2, -0.15) is 0 Å². The fourth-order valence-electron chi connectivity index (χ4n) is 1.66. The van der Waals surface area contributed by atoms with E-state index in [1.165, 1.54) is 12.8 Å². The minimum atomic E-state index is -0.221.